The van der Waals surface area contributed by atoms with Crippen molar-refractivity contribution in [1.82, 2.24) is 10.0 Å². The summed E-state index contributed by atoms with van der Waals surface area (Å²) in [6.07, 6.45) is 5.65. The normalized spacial score (nSPS) is 16.1. The summed E-state index contributed by atoms with van der Waals surface area (Å²) in [5.74, 6) is -0.301. The van der Waals surface area contributed by atoms with E-state index in [0.29, 0.717) is 17.3 Å². The van der Waals surface area contributed by atoms with Gasteiger partial charge < -0.3 is 10.6 Å². The van der Waals surface area contributed by atoms with Crippen molar-refractivity contribution in [2.45, 2.75) is 75.9 Å². The van der Waals surface area contributed by atoms with Crippen molar-refractivity contribution < 1.29 is 13.2 Å². The fourth-order valence-corrected chi connectivity index (χ4v) is 5.26. The Hall–Kier alpha value is -2.38. The molecule has 7 heteroatoms. The molecule has 0 saturated heterocycles. The molecule has 1 atom stereocenters. The predicted molar refractivity (Wildman–Crippen MR) is 125 cm³/mol. The molecule has 0 unspecified atom stereocenters. The average molecular weight is 444 g/mol. The highest BCUT2D eigenvalue weighted by atomic mass is 32.2. The lowest BCUT2D eigenvalue weighted by molar-refractivity contribution is 0.0939. The lowest BCUT2D eigenvalue weighted by Crippen LogP contribution is -2.31. The summed E-state index contributed by atoms with van der Waals surface area (Å²) in [7, 11) is -3.73. The van der Waals surface area contributed by atoms with Gasteiger partial charge in [-0.2, -0.15) is 0 Å². The number of carbonyl (C=O) groups excluding carboxylic acids is 1. The first-order valence-electron chi connectivity index (χ1n) is 11.0. The van der Waals surface area contributed by atoms with Gasteiger partial charge >= 0.3 is 0 Å². The number of amides is 1. The first kappa shape index (κ1) is 23.3. The molecular formula is C24H33N3O3S. The van der Waals surface area contributed by atoms with E-state index >= 15 is 0 Å². The molecule has 1 amide bonds. The van der Waals surface area contributed by atoms with Gasteiger partial charge in [-0.15, -0.1) is 0 Å². The smallest absolute Gasteiger partial charge is 0.251 e. The molecule has 31 heavy (non-hydrogen) atoms. The summed E-state index contributed by atoms with van der Waals surface area (Å²) in [5.41, 5.74) is 1.98. The molecule has 2 aromatic rings. The van der Waals surface area contributed by atoms with Gasteiger partial charge in [0.05, 0.1) is 10.9 Å². The quantitative estimate of drug-likeness (QED) is 0.556. The number of nitrogens with one attached hydrogen (secondary N) is 3. The Morgan fingerprint density at radius 3 is 2.29 bits per heavy atom. The fourth-order valence-electron chi connectivity index (χ4n) is 3.93. The number of anilines is 1. The summed E-state index contributed by atoms with van der Waals surface area (Å²) >= 11 is 0. The van der Waals surface area contributed by atoms with Gasteiger partial charge in [0.15, 0.2) is 0 Å². The number of hydrogen-bond acceptors (Lipinski definition) is 4. The van der Waals surface area contributed by atoms with Crippen LogP contribution in [0.2, 0.25) is 0 Å². The lowest BCUT2D eigenvalue weighted by Gasteiger charge is -2.24. The fraction of sp³-hybridized carbons (Fsp3) is 0.458. The van der Waals surface area contributed by atoms with Crippen LogP contribution in [0.4, 0.5) is 5.69 Å². The topological polar surface area (TPSA) is 87.3 Å². The summed E-state index contributed by atoms with van der Waals surface area (Å²) in [6, 6.07) is 14.4. The second kappa shape index (κ2) is 10.3. The molecule has 1 aliphatic carbocycles. The van der Waals surface area contributed by atoms with E-state index in [1.807, 2.05) is 37.3 Å². The Kier molecular flexibility index (Phi) is 7.73. The van der Waals surface area contributed by atoms with Gasteiger partial charge in [-0.25, -0.2) is 13.1 Å². The maximum absolute atomic E-state index is 13.0. The Morgan fingerprint density at radius 1 is 0.968 bits per heavy atom. The van der Waals surface area contributed by atoms with Crippen molar-refractivity contribution in [2.24, 2.45) is 0 Å². The molecule has 0 bridgehead atoms. The third-order valence-electron chi connectivity index (χ3n) is 5.49. The second-order valence-electron chi connectivity index (χ2n) is 8.61. The van der Waals surface area contributed by atoms with E-state index in [1.54, 1.807) is 26.0 Å². The van der Waals surface area contributed by atoms with Gasteiger partial charge in [0.1, 0.15) is 0 Å². The van der Waals surface area contributed by atoms with Crippen LogP contribution in [0.15, 0.2) is 53.4 Å². The van der Waals surface area contributed by atoms with Gasteiger partial charge in [-0.05, 0) is 57.4 Å². The van der Waals surface area contributed by atoms with E-state index in [4.69, 9.17) is 0 Å². The Labute approximate surface area is 185 Å². The molecule has 2 aromatic carbocycles. The Bertz CT molecular complexity index is 984. The zero-order valence-corrected chi connectivity index (χ0v) is 19.3. The first-order chi connectivity index (χ1) is 14.7. The lowest BCUT2D eigenvalue weighted by atomic mass is 9.95. The van der Waals surface area contributed by atoms with E-state index in [9.17, 15) is 13.2 Å². The molecule has 168 valence electrons. The van der Waals surface area contributed by atoms with Crippen molar-refractivity contribution in [3.63, 3.8) is 0 Å². The van der Waals surface area contributed by atoms with Crippen molar-refractivity contribution in [3.8, 4) is 0 Å². The van der Waals surface area contributed by atoms with E-state index in [2.05, 4.69) is 15.4 Å². The van der Waals surface area contributed by atoms with Crippen molar-refractivity contribution in [1.29, 1.82) is 0 Å². The van der Waals surface area contributed by atoms with Crippen molar-refractivity contribution in [2.75, 3.05) is 5.32 Å². The first-order valence-corrected chi connectivity index (χ1v) is 12.5. The SMILES string of the molecule is CC(C)NS(=O)(=O)c1cc(NC2CCCCC2)cc(C(=O)N[C@@H](C)c2ccccc2)c1. The highest BCUT2D eigenvalue weighted by Gasteiger charge is 2.21. The van der Waals surface area contributed by atoms with Gasteiger partial charge in [-0.3, -0.25) is 4.79 Å². The summed E-state index contributed by atoms with van der Waals surface area (Å²) in [6.45, 7) is 5.46. The number of hydrogen-bond donors (Lipinski definition) is 3. The van der Waals surface area contributed by atoms with Crippen LogP contribution in [0, 0.1) is 0 Å². The summed E-state index contributed by atoms with van der Waals surface area (Å²) < 4.78 is 28.3. The highest BCUT2D eigenvalue weighted by molar-refractivity contribution is 7.89. The standard InChI is InChI=1S/C24H33N3O3S/c1-17(2)27-31(29,30)23-15-20(14-22(16-23)26-21-12-8-5-9-13-21)24(28)25-18(3)19-10-6-4-7-11-19/h4,6-7,10-11,14-18,21,26-27H,5,8-9,12-13H2,1-3H3,(H,25,28)/t18-/m0/s1. The monoisotopic (exact) mass is 443 g/mol. The van der Waals surface area contributed by atoms with Crippen LogP contribution in [-0.2, 0) is 10.0 Å². The maximum atomic E-state index is 13.0. The van der Waals surface area contributed by atoms with Crippen molar-refractivity contribution >= 4 is 21.6 Å². The predicted octanol–water partition coefficient (Wildman–Crippen LogP) is 4.61. The van der Waals surface area contributed by atoms with Crippen LogP contribution in [0.3, 0.4) is 0 Å². The van der Waals surface area contributed by atoms with Crippen molar-refractivity contribution in [3.05, 3.63) is 59.7 Å². The highest BCUT2D eigenvalue weighted by Crippen LogP contribution is 2.25. The number of rotatable bonds is 8. The van der Waals surface area contributed by atoms with Crippen LogP contribution in [-0.4, -0.2) is 26.4 Å². The molecular weight excluding hydrogens is 410 g/mol. The van der Waals surface area contributed by atoms with E-state index in [0.717, 1.165) is 31.2 Å². The molecule has 0 aromatic heterocycles. The van der Waals surface area contributed by atoms with Crippen LogP contribution in [0.5, 0.6) is 0 Å². The Morgan fingerprint density at radius 2 is 1.65 bits per heavy atom. The van der Waals surface area contributed by atoms with E-state index < -0.39 is 10.0 Å². The number of carbonyl (C=O) groups is 1. The number of benzene rings is 2. The maximum Gasteiger partial charge on any atom is 0.251 e. The zero-order chi connectivity index (χ0) is 22.4. The molecule has 0 heterocycles. The molecule has 1 saturated carbocycles. The van der Waals surface area contributed by atoms with Crippen LogP contribution in [0.25, 0.3) is 0 Å². The molecule has 0 aliphatic heterocycles. The summed E-state index contributed by atoms with van der Waals surface area (Å²) in [5, 5.41) is 6.44. The molecule has 1 aliphatic rings. The molecule has 3 rings (SSSR count). The van der Waals surface area contributed by atoms with Crippen LogP contribution >= 0.6 is 0 Å². The zero-order valence-electron chi connectivity index (χ0n) is 18.5. The van der Waals surface area contributed by atoms with Gasteiger partial charge in [-0.1, -0.05) is 49.6 Å². The van der Waals surface area contributed by atoms with Crippen LogP contribution in [0.1, 0.15) is 74.8 Å². The molecule has 3 N–H and O–H groups in total. The molecule has 1 fully saturated rings. The molecule has 0 spiro atoms. The van der Waals surface area contributed by atoms with Gasteiger partial charge in [0.25, 0.3) is 5.91 Å². The minimum Gasteiger partial charge on any atom is -0.382 e. The van der Waals surface area contributed by atoms with Gasteiger partial charge in [0.2, 0.25) is 10.0 Å². The minimum absolute atomic E-state index is 0.0968. The van der Waals surface area contributed by atoms with Crippen LogP contribution < -0.4 is 15.4 Å². The Balaban J connectivity index is 1.88. The number of sulfonamides is 1. The molecule has 0 radical (unpaired) electrons. The second-order valence-corrected chi connectivity index (χ2v) is 10.3. The average Bonchev–Trinajstić information content (AvgIpc) is 2.74. The third kappa shape index (κ3) is 6.55. The van der Waals surface area contributed by atoms with E-state index in [-0.39, 0.29) is 22.9 Å². The minimum atomic E-state index is -3.73. The largest absolute Gasteiger partial charge is 0.382 e. The summed E-state index contributed by atoms with van der Waals surface area (Å²) in [4.78, 5) is 13.1. The van der Waals surface area contributed by atoms with Gasteiger partial charge in [0, 0.05) is 23.3 Å². The van der Waals surface area contributed by atoms with E-state index in [1.165, 1.54) is 12.5 Å². The third-order valence-corrected chi connectivity index (χ3v) is 7.13. The molecule has 6 nitrogen and oxygen atoms in total.